The Morgan fingerprint density at radius 3 is 2.76 bits per heavy atom. The monoisotopic (exact) mass is 251 g/mol. The molecule has 1 N–H and O–H groups in total. The van der Waals surface area contributed by atoms with Crippen molar-refractivity contribution < 1.29 is 14.8 Å². The first-order valence-corrected chi connectivity index (χ1v) is 5.29. The van der Waals surface area contributed by atoms with E-state index in [1.807, 2.05) is 0 Å². The molecule has 0 aromatic heterocycles. The molecule has 0 aliphatic carbocycles. The van der Waals surface area contributed by atoms with Crippen LogP contribution in [0.15, 0.2) is 12.1 Å². The van der Waals surface area contributed by atoms with Crippen molar-refractivity contribution in [2.45, 2.75) is 6.42 Å². The van der Waals surface area contributed by atoms with Gasteiger partial charge in [0.05, 0.1) is 10.5 Å². The van der Waals surface area contributed by atoms with Crippen LogP contribution in [0.5, 0.6) is 5.75 Å². The summed E-state index contributed by atoms with van der Waals surface area (Å²) in [6, 6.07) is 2.44. The second-order valence-electron chi connectivity index (χ2n) is 3.08. The van der Waals surface area contributed by atoms with Crippen LogP contribution in [0.4, 0.5) is 5.69 Å². The third-order valence-electron chi connectivity index (χ3n) is 1.91. The molecule has 0 saturated heterocycles. The van der Waals surface area contributed by atoms with Crippen LogP contribution < -0.4 is 0 Å². The number of nitro groups is 1. The number of benzene rings is 1. The van der Waals surface area contributed by atoms with Gasteiger partial charge < -0.3 is 5.11 Å². The number of carbonyl (C=O) groups is 1. The molecule has 17 heavy (non-hydrogen) atoms. The van der Waals surface area contributed by atoms with Gasteiger partial charge in [0.1, 0.15) is 0 Å². The van der Waals surface area contributed by atoms with E-state index in [1.165, 1.54) is 6.07 Å². The molecular formula is C11H9NO4S. The van der Waals surface area contributed by atoms with Gasteiger partial charge in [-0.05, 0) is 6.07 Å². The smallest absolute Gasteiger partial charge is 0.312 e. The van der Waals surface area contributed by atoms with Crippen molar-refractivity contribution in [3.63, 3.8) is 0 Å². The maximum Gasteiger partial charge on any atom is 0.312 e. The van der Waals surface area contributed by atoms with Crippen molar-refractivity contribution >= 4 is 24.6 Å². The molecule has 0 aliphatic rings. The Morgan fingerprint density at radius 1 is 1.53 bits per heavy atom. The van der Waals surface area contributed by atoms with Gasteiger partial charge in [-0.2, -0.15) is 12.6 Å². The summed E-state index contributed by atoms with van der Waals surface area (Å²) < 4.78 is 0. The first kappa shape index (κ1) is 13.1. The van der Waals surface area contributed by atoms with Crippen LogP contribution in [-0.4, -0.2) is 22.1 Å². The normalized spacial score (nSPS) is 9.24. The van der Waals surface area contributed by atoms with Crippen molar-refractivity contribution in [1.29, 1.82) is 0 Å². The van der Waals surface area contributed by atoms with E-state index in [2.05, 4.69) is 24.5 Å². The Balaban J connectivity index is 3.26. The summed E-state index contributed by atoms with van der Waals surface area (Å²) in [5.41, 5.74) is -0.350. The Bertz CT molecular complexity index is 516. The lowest BCUT2D eigenvalue weighted by atomic mass is 10.1. The van der Waals surface area contributed by atoms with E-state index in [4.69, 9.17) is 0 Å². The number of aromatic hydroxyl groups is 1. The van der Waals surface area contributed by atoms with Gasteiger partial charge in [0.2, 0.25) is 5.75 Å². The molecule has 6 heteroatoms. The lowest BCUT2D eigenvalue weighted by Gasteiger charge is -2.00. The summed E-state index contributed by atoms with van der Waals surface area (Å²) in [5, 5.41) is 20.1. The summed E-state index contributed by atoms with van der Waals surface area (Å²) in [5.74, 6) is 5.35. The van der Waals surface area contributed by atoms with Crippen molar-refractivity contribution in [3.05, 3.63) is 33.4 Å². The van der Waals surface area contributed by atoms with Crippen LogP contribution in [0.1, 0.15) is 22.3 Å². The topological polar surface area (TPSA) is 80.4 Å². The van der Waals surface area contributed by atoms with Crippen LogP contribution >= 0.6 is 12.6 Å². The van der Waals surface area contributed by atoms with E-state index in [9.17, 15) is 20.0 Å². The van der Waals surface area contributed by atoms with E-state index in [-0.39, 0.29) is 5.56 Å². The fraction of sp³-hybridized carbons (Fsp3) is 0.182. The van der Waals surface area contributed by atoms with Crippen molar-refractivity contribution in [1.82, 2.24) is 0 Å². The summed E-state index contributed by atoms with van der Waals surface area (Å²) in [4.78, 5) is 20.5. The number of rotatable bonds is 3. The Hall–Kier alpha value is -2.00. The van der Waals surface area contributed by atoms with Crippen LogP contribution in [0.2, 0.25) is 0 Å². The molecule has 0 saturated carbocycles. The molecule has 0 heterocycles. The number of phenolic OH excluding ortho intramolecular Hbond substituents is 1. The van der Waals surface area contributed by atoms with Gasteiger partial charge in [-0.15, -0.1) is 0 Å². The number of hydrogen-bond acceptors (Lipinski definition) is 5. The lowest BCUT2D eigenvalue weighted by Crippen LogP contribution is -1.93. The van der Waals surface area contributed by atoms with Crippen LogP contribution in [0, 0.1) is 22.0 Å². The van der Waals surface area contributed by atoms with Crippen molar-refractivity contribution in [3.8, 4) is 17.6 Å². The predicted octanol–water partition coefficient (Wildman–Crippen LogP) is 1.78. The quantitative estimate of drug-likeness (QED) is 0.282. The van der Waals surface area contributed by atoms with Gasteiger partial charge in [0.25, 0.3) is 0 Å². The molecule has 5 nitrogen and oxygen atoms in total. The van der Waals surface area contributed by atoms with E-state index in [1.54, 1.807) is 0 Å². The van der Waals surface area contributed by atoms with Crippen LogP contribution in [0.3, 0.4) is 0 Å². The van der Waals surface area contributed by atoms with E-state index in [0.29, 0.717) is 24.0 Å². The van der Waals surface area contributed by atoms with Gasteiger partial charge in [-0.3, -0.25) is 14.9 Å². The molecule has 1 rings (SSSR count). The van der Waals surface area contributed by atoms with E-state index >= 15 is 0 Å². The summed E-state index contributed by atoms with van der Waals surface area (Å²) >= 11 is 3.97. The fourth-order valence-electron chi connectivity index (χ4n) is 1.16. The molecule has 0 radical (unpaired) electrons. The second-order valence-corrected chi connectivity index (χ2v) is 3.53. The van der Waals surface area contributed by atoms with E-state index in [0.717, 1.165) is 6.07 Å². The number of phenols is 1. The number of aldehydes is 1. The average Bonchev–Trinajstić information content (AvgIpc) is 2.30. The third kappa shape index (κ3) is 3.23. The SMILES string of the molecule is O=Cc1cc(C#CCCS)cc([N+](=O)[O-])c1O. The molecule has 0 fully saturated rings. The highest BCUT2D eigenvalue weighted by Gasteiger charge is 2.18. The predicted molar refractivity (Wildman–Crippen MR) is 65.5 cm³/mol. The Morgan fingerprint density at radius 2 is 2.24 bits per heavy atom. The number of carbonyl (C=O) groups excluding carboxylic acids is 1. The molecule has 0 amide bonds. The average molecular weight is 251 g/mol. The lowest BCUT2D eigenvalue weighted by molar-refractivity contribution is -0.385. The molecular weight excluding hydrogens is 242 g/mol. The number of thiol groups is 1. The number of nitro benzene ring substituents is 1. The minimum absolute atomic E-state index is 0.144. The minimum Gasteiger partial charge on any atom is -0.502 e. The molecule has 1 aromatic rings. The first-order valence-electron chi connectivity index (χ1n) is 4.66. The number of nitrogens with zero attached hydrogens (tertiary/aromatic N) is 1. The van der Waals surface area contributed by atoms with Gasteiger partial charge in [-0.25, -0.2) is 0 Å². The van der Waals surface area contributed by atoms with Gasteiger partial charge in [0.15, 0.2) is 6.29 Å². The summed E-state index contributed by atoms with van der Waals surface area (Å²) in [6.45, 7) is 0. The zero-order chi connectivity index (χ0) is 12.8. The van der Waals surface area contributed by atoms with Crippen molar-refractivity contribution in [2.75, 3.05) is 5.75 Å². The highest BCUT2D eigenvalue weighted by Crippen LogP contribution is 2.29. The highest BCUT2D eigenvalue weighted by molar-refractivity contribution is 7.80. The maximum absolute atomic E-state index is 10.6. The molecule has 1 aromatic carbocycles. The fourth-order valence-corrected chi connectivity index (χ4v) is 1.27. The molecule has 0 spiro atoms. The maximum atomic E-state index is 10.6. The first-order chi connectivity index (χ1) is 8.10. The molecule has 0 aliphatic heterocycles. The van der Waals surface area contributed by atoms with Gasteiger partial charge in [0, 0.05) is 23.8 Å². The van der Waals surface area contributed by atoms with E-state index < -0.39 is 16.4 Å². The van der Waals surface area contributed by atoms with Gasteiger partial charge in [-0.1, -0.05) is 11.8 Å². The minimum atomic E-state index is -0.758. The Kier molecular flexibility index (Phi) is 4.55. The molecule has 0 bridgehead atoms. The van der Waals surface area contributed by atoms with Gasteiger partial charge >= 0.3 is 5.69 Å². The third-order valence-corrected chi connectivity index (χ3v) is 2.14. The van der Waals surface area contributed by atoms with Crippen LogP contribution in [-0.2, 0) is 0 Å². The highest BCUT2D eigenvalue weighted by atomic mass is 32.1. The van der Waals surface area contributed by atoms with Crippen LogP contribution in [0.25, 0.3) is 0 Å². The largest absolute Gasteiger partial charge is 0.502 e. The Labute approximate surface area is 103 Å². The zero-order valence-corrected chi connectivity index (χ0v) is 9.61. The molecule has 0 unspecified atom stereocenters. The molecule has 0 atom stereocenters. The second kappa shape index (κ2) is 5.92. The zero-order valence-electron chi connectivity index (χ0n) is 8.71. The standard InChI is InChI=1S/C11H9NO4S/c13-7-9-5-8(3-1-2-4-17)6-10(11(9)14)12(15)16/h5-7,14,17H,2,4H2. The van der Waals surface area contributed by atoms with Crippen molar-refractivity contribution in [2.24, 2.45) is 0 Å². The number of hydrogen-bond donors (Lipinski definition) is 2. The molecule has 88 valence electrons. The summed E-state index contributed by atoms with van der Waals surface area (Å²) in [6.07, 6.45) is 0.889. The summed E-state index contributed by atoms with van der Waals surface area (Å²) in [7, 11) is 0.